The molecule has 1 aromatic carbocycles. The van der Waals surface area contributed by atoms with Gasteiger partial charge in [0.25, 0.3) is 5.91 Å². The number of benzene rings is 1. The fourth-order valence-electron chi connectivity index (χ4n) is 2.88. The molecule has 0 saturated carbocycles. The fourth-order valence-corrected chi connectivity index (χ4v) is 2.88. The molecule has 1 saturated heterocycles. The van der Waals surface area contributed by atoms with Gasteiger partial charge in [-0.2, -0.15) is 0 Å². The van der Waals surface area contributed by atoms with Crippen LogP contribution in [0.2, 0.25) is 0 Å². The van der Waals surface area contributed by atoms with Crippen LogP contribution in [0.5, 0.6) is 0 Å². The molecule has 23 heavy (non-hydrogen) atoms. The van der Waals surface area contributed by atoms with Crippen molar-refractivity contribution >= 4 is 17.2 Å². The molecule has 3 heterocycles. The Hall–Kier alpha value is -2.66. The van der Waals surface area contributed by atoms with Gasteiger partial charge >= 0.3 is 0 Å². The SMILES string of the molecule is O=C(Nc1ccccc1-c1cn2ccccc2n1)C1CCCO1. The Bertz CT molecular complexity index is 817. The number of nitrogens with zero attached hydrogens (tertiary/aromatic N) is 2. The van der Waals surface area contributed by atoms with Gasteiger partial charge in [-0.15, -0.1) is 0 Å². The Balaban J connectivity index is 1.67. The van der Waals surface area contributed by atoms with Crippen molar-refractivity contribution in [2.75, 3.05) is 11.9 Å². The van der Waals surface area contributed by atoms with Crippen molar-refractivity contribution in [2.45, 2.75) is 18.9 Å². The average molecular weight is 307 g/mol. The highest BCUT2D eigenvalue weighted by Crippen LogP contribution is 2.28. The second-order valence-electron chi connectivity index (χ2n) is 5.63. The Kier molecular flexibility index (Phi) is 3.55. The zero-order valence-electron chi connectivity index (χ0n) is 12.6. The number of anilines is 1. The minimum atomic E-state index is -0.343. The Morgan fingerprint density at radius 1 is 1.22 bits per heavy atom. The predicted octanol–water partition coefficient (Wildman–Crippen LogP) is 3.12. The molecule has 0 radical (unpaired) electrons. The van der Waals surface area contributed by atoms with E-state index in [1.54, 1.807) is 0 Å². The summed E-state index contributed by atoms with van der Waals surface area (Å²) in [6.07, 6.45) is 5.30. The van der Waals surface area contributed by atoms with Crippen LogP contribution >= 0.6 is 0 Å². The summed E-state index contributed by atoms with van der Waals surface area (Å²) < 4.78 is 7.42. The molecule has 0 bridgehead atoms. The smallest absolute Gasteiger partial charge is 0.253 e. The van der Waals surface area contributed by atoms with Crippen molar-refractivity contribution in [2.24, 2.45) is 0 Å². The van der Waals surface area contributed by atoms with E-state index in [1.807, 2.05) is 59.3 Å². The fraction of sp³-hybridized carbons (Fsp3) is 0.222. The summed E-state index contributed by atoms with van der Waals surface area (Å²) in [6, 6.07) is 13.6. The van der Waals surface area contributed by atoms with Crippen molar-refractivity contribution in [1.82, 2.24) is 9.38 Å². The number of hydrogen-bond donors (Lipinski definition) is 1. The highest BCUT2D eigenvalue weighted by molar-refractivity contribution is 5.97. The van der Waals surface area contributed by atoms with E-state index in [4.69, 9.17) is 4.74 Å². The van der Waals surface area contributed by atoms with E-state index in [0.29, 0.717) is 6.61 Å². The van der Waals surface area contributed by atoms with Crippen LogP contribution in [0.3, 0.4) is 0 Å². The lowest BCUT2D eigenvalue weighted by Gasteiger charge is -2.13. The summed E-state index contributed by atoms with van der Waals surface area (Å²) in [5.41, 5.74) is 3.38. The van der Waals surface area contributed by atoms with E-state index in [9.17, 15) is 4.79 Å². The van der Waals surface area contributed by atoms with E-state index in [-0.39, 0.29) is 12.0 Å². The molecule has 4 rings (SSSR count). The average Bonchev–Trinajstić information content (AvgIpc) is 3.25. The number of ether oxygens (including phenoxy) is 1. The van der Waals surface area contributed by atoms with Crippen LogP contribution in [0.15, 0.2) is 54.9 Å². The van der Waals surface area contributed by atoms with Crippen molar-refractivity contribution < 1.29 is 9.53 Å². The van der Waals surface area contributed by atoms with Gasteiger partial charge in [-0.05, 0) is 31.0 Å². The van der Waals surface area contributed by atoms with Crippen molar-refractivity contribution in [3.8, 4) is 11.3 Å². The zero-order chi connectivity index (χ0) is 15.6. The summed E-state index contributed by atoms with van der Waals surface area (Å²) in [6.45, 7) is 0.659. The number of imidazole rings is 1. The maximum absolute atomic E-state index is 12.3. The maximum atomic E-state index is 12.3. The van der Waals surface area contributed by atoms with Crippen molar-refractivity contribution in [3.05, 3.63) is 54.9 Å². The molecule has 1 N–H and O–H groups in total. The minimum absolute atomic E-state index is 0.0845. The molecule has 1 aliphatic rings. The normalized spacial score (nSPS) is 17.5. The van der Waals surface area contributed by atoms with Gasteiger partial charge in [0.05, 0.1) is 11.4 Å². The Morgan fingerprint density at radius 2 is 2.09 bits per heavy atom. The molecule has 1 unspecified atom stereocenters. The lowest BCUT2D eigenvalue weighted by atomic mass is 10.1. The van der Waals surface area contributed by atoms with Crippen LogP contribution in [0.4, 0.5) is 5.69 Å². The van der Waals surface area contributed by atoms with E-state index >= 15 is 0 Å². The second kappa shape index (κ2) is 5.85. The molecule has 3 aromatic rings. The third-order valence-corrected chi connectivity index (χ3v) is 4.05. The van der Waals surface area contributed by atoms with Gasteiger partial charge in [0.2, 0.25) is 0 Å². The molecule has 2 aromatic heterocycles. The molecule has 1 amide bonds. The molecule has 0 aliphatic carbocycles. The van der Waals surface area contributed by atoms with E-state index in [2.05, 4.69) is 10.3 Å². The Morgan fingerprint density at radius 3 is 2.91 bits per heavy atom. The lowest BCUT2D eigenvalue weighted by molar-refractivity contribution is -0.124. The predicted molar refractivity (Wildman–Crippen MR) is 88.2 cm³/mol. The highest BCUT2D eigenvalue weighted by Gasteiger charge is 2.24. The number of para-hydroxylation sites is 1. The van der Waals surface area contributed by atoms with Crippen molar-refractivity contribution in [3.63, 3.8) is 0 Å². The van der Waals surface area contributed by atoms with Gasteiger partial charge < -0.3 is 14.5 Å². The summed E-state index contributed by atoms with van der Waals surface area (Å²) in [4.78, 5) is 16.9. The number of aromatic nitrogens is 2. The number of pyridine rings is 1. The molecule has 1 fully saturated rings. The molecule has 1 aliphatic heterocycles. The largest absolute Gasteiger partial charge is 0.368 e. The Labute approximate surface area is 133 Å². The molecule has 0 spiro atoms. The number of rotatable bonds is 3. The standard InChI is InChI=1S/C18H17N3O2/c22-18(16-8-5-11-23-16)20-14-7-2-1-6-13(14)15-12-21-10-4-3-9-17(21)19-15/h1-4,6-7,9-10,12,16H,5,8,11H2,(H,20,22). The van der Waals surface area contributed by atoms with Crippen LogP contribution in [0.25, 0.3) is 16.9 Å². The minimum Gasteiger partial charge on any atom is -0.368 e. The molecular weight excluding hydrogens is 290 g/mol. The monoisotopic (exact) mass is 307 g/mol. The third kappa shape index (κ3) is 2.71. The molecule has 1 atom stereocenters. The molecular formula is C18H17N3O2. The number of hydrogen-bond acceptors (Lipinski definition) is 3. The van der Waals surface area contributed by atoms with Gasteiger partial charge in [0.15, 0.2) is 0 Å². The van der Waals surface area contributed by atoms with Crippen LogP contribution in [0, 0.1) is 0 Å². The van der Waals surface area contributed by atoms with Crippen LogP contribution in [0.1, 0.15) is 12.8 Å². The van der Waals surface area contributed by atoms with Gasteiger partial charge in [-0.25, -0.2) is 4.98 Å². The van der Waals surface area contributed by atoms with Gasteiger partial charge in [-0.3, -0.25) is 4.79 Å². The number of nitrogens with one attached hydrogen (secondary N) is 1. The van der Waals surface area contributed by atoms with Crippen LogP contribution in [-0.2, 0) is 9.53 Å². The number of amides is 1. The summed E-state index contributed by atoms with van der Waals surface area (Å²) >= 11 is 0. The number of carbonyl (C=O) groups is 1. The van der Waals surface area contributed by atoms with E-state index < -0.39 is 0 Å². The first-order chi connectivity index (χ1) is 11.3. The topological polar surface area (TPSA) is 55.6 Å². The van der Waals surface area contributed by atoms with Crippen LogP contribution in [-0.4, -0.2) is 28.0 Å². The number of carbonyl (C=O) groups excluding carboxylic acids is 1. The lowest BCUT2D eigenvalue weighted by Crippen LogP contribution is -2.27. The van der Waals surface area contributed by atoms with E-state index in [0.717, 1.165) is 35.4 Å². The highest BCUT2D eigenvalue weighted by atomic mass is 16.5. The maximum Gasteiger partial charge on any atom is 0.253 e. The summed E-state index contributed by atoms with van der Waals surface area (Å²) in [7, 11) is 0. The zero-order valence-corrected chi connectivity index (χ0v) is 12.6. The third-order valence-electron chi connectivity index (χ3n) is 4.05. The summed E-state index contributed by atoms with van der Waals surface area (Å²) in [5.74, 6) is -0.0845. The van der Waals surface area contributed by atoms with Gasteiger partial charge in [0, 0.05) is 24.6 Å². The first kappa shape index (κ1) is 14.0. The van der Waals surface area contributed by atoms with E-state index in [1.165, 1.54) is 0 Å². The first-order valence-electron chi connectivity index (χ1n) is 7.77. The second-order valence-corrected chi connectivity index (χ2v) is 5.63. The van der Waals surface area contributed by atoms with Gasteiger partial charge in [-0.1, -0.05) is 24.3 Å². The molecule has 116 valence electrons. The van der Waals surface area contributed by atoms with Crippen LogP contribution < -0.4 is 5.32 Å². The molecule has 5 heteroatoms. The number of fused-ring (bicyclic) bond motifs is 1. The van der Waals surface area contributed by atoms with Crippen molar-refractivity contribution in [1.29, 1.82) is 0 Å². The van der Waals surface area contributed by atoms with Gasteiger partial charge in [0.1, 0.15) is 11.8 Å². The first-order valence-corrected chi connectivity index (χ1v) is 7.77. The summed E-state index contributed by atoms with van der Waals surface area (Å²) in [5, 5.41) is 2.98. The molecule has 5 nitrogen and oxygen atoms in total. The quantitative estimate of drug-likeness (QED) is 0.809.